The quantitative estimate of drug-likeness (QED) is 0.659. The number of esters is 1. The molecule has 0 aliphatic heterocycles. The molecule has 0 bridgehead atoms. The van der Waals surface area contributed by atoms with Gasteiger partial charge in [0.05, 0.1) is 23.7 Å². The molecule has 0 unspecified atom stereocenters. The van der Waals surface area contributed by atoms with Crippen molar-refractivity contribution in [1.82, 2.24) is 0 Å². The monoisotopic (exact) mass is 400 g/mol. The summed E-state index contributed by atoms with van der Waals surface area (Å²) in [6.07, 6.45) is 0. The molecule has 2 N–H and O–H groups in total. The Hall–Kier alpha value is -2.80. The van der Waals surface area contributed by atoms with Gasteiger partial charge in [0.25, 0.3) is 0 Å². The molecule has 28 heavy (non-hydrogen) atoms. The molecule has 0 atom stereocenters. The highest BCUT2D eigenvalue weighted by atomic mass is 32.2. The highest BCUT2D eigenvalue weighted by molar-refractivity contribution is 8.00. The number of nitrogens with one attached hydrogen (secondary N) is 2. The van der Waals surface area contributed by atoms with Gasteiger partial charge in [-0.1, -0.05) is 17.7 Å². The molecule has 0 saturated carbocycles. The van der Waals surface area contributed by atoms with Crippen molar-refractivity contribution in [1.29, 1.82) is 0 Å². The summed E-state index contributed by atoms with van der Waals surface area (Å²) in [5, 5.41) is 5.59. The van der Waals surface area contributed by atoms with Gasteiger partial charge < -0.3 is 15.4 Å². The molecule has 6 nitrogen and oxygen atoms in total. The van der Waals surface area contributed by atoms with E-state index in [1.165, 1.54) is 11.8 Å². The van der Waals surface area contributed by atoms with Gasteiger partial charge >= 0.3 is 5.97 Å². The van der Waals surface area contributed by atoms with E-state index in [9.17, 15) is 14.4 Å². The predicted octanol–water partition coefficient (Wildman–Crippen LogP) is 3.79. The fourth-order valence-corrected chi connectivity index (χ4v) is 3.09. The molecule has 2 aromatic rings. The molecule has 148 valence electrons. The number of carbonyl (C=O) groups excluding carboxylic acids is 3. The number of thioether (sulfide) groups is 1. The molecular weight excluding hydrogens is 376 g/mol. The SMILES string of the molecule is CCOC(=O)c1ccc(NC(=O)CSCC(=O)Nc2ccc(C)cc2C)cc1. The minimum atomic E-state index is -0.397. The number of aryl methyl sites for hydroxylation is 2. The van der Waals surface area contributed by atoms with Gasteiger partial charge in [-0.15, -0.1) is 11.8 Å². The van der Waals surface area contributed by atoms with Crippen molar-refractivity contribution in [3.63, 3.8) is 0 Å². The van der Waals surface area contributed by atoms with Crippen LogP contribution in [0.3, 0.4) is 0 Å². The van der Waals surface area contributed by atoms with Gasteiger partial charge in [-0.25, -0.2) is 4.79 Å². The van der Waals surface area contributed by atoms with Crippen LogP contribution in [0.4, 0.5) is 11.4 Å². The lowest BCUT2D eigenvalue weighted by Crippen LogP contribution is -2.18. The van der Waals surface area contributed by atoms with Crippen LogP contribution in [0.2, 0.25) is 0 Å². The first-order chi connectivity index (χ1) is 13.4. The Morgan fingerprint density at radius 3 is 2.18 bits per heavy atom. The van der Waals surface area contributed by atoms with E-state index in [2.05, 4.69) is 10.6 Å². The molecule has 0 aliphatic carbocycles. The van der Waals surface area contributed by atoms with E-state index >= 15 is 0 Å². The zero-order valence-electron chi connectivity index (χ0n) is 16.2. The maximum absolute atomic E-state index is 12.0. The van der Waals surface area contributed by atoms with Crippen LogP contribution in [0.25, 0.3) is 0 Å². The number of hydrogen-bond donors (Lipinski definition) is 2. The van der Waals surface area contributed by atoms with Gasteiger partial charge in [0.1, 0.15) is 0 Å². The Bertz CT molecular complexity index is 850. The van der Waals surface area contributed by atoms with Crippen LogP contribution in [-0.4, -0.2) is 35.9 Å². The molecule has 2 rings (SSSR count). The van der Waals surface area contributed by atoms with Crippen molar-refractivity contribution in [2.75, 3.05) is 28.7 Å². The smallest absolute Gasteiger partial charge is 0.338 e. The van der Waals surface area contributed by atoms with Gasteiger partial charge in [-0.2, -0.15) is 0 Å². The largest absolute Gasteiger partial charge is 0.462 e. The van der Waals surface area contributed by atoms with Crippen molar-refractivity contribution in [3.8, 4) is 0 Å². The molecule has 0 aliphatic rings. The maximum atomic E-state index is 12.0. The number of rotatable bonds is 8. The second-order valence-electron chi connectivity index (χ2n) is 6.21. The van der Waals surface area contributed by atoms with E-state index in [1.54, 1.807) is 31.2 Å². The number of benzene rings is 2. The summed E-state index contributed by atoms with van der Waals surface area (Å²) in [6, 6.07) is 12.3. The normalized spacial score (nSPS) is 10.2. The van der Waals surface area contributed by atoms with Gasteiger partial charge in [0.15, 0.2) is 0 Å². The predicted molar refractivity (Wildman–Crippen MR) is 113 cm³/mol. The number of anilines is 2. The molecule has 2 amide bonds. The summed E-state index contributed by atoms with van der Waals surface area (Å²) >= 11 is 1.23. The molecule has 2 aromatic carbocycles. The van der Waals surface area contributed by atoms with E-state index in [0.717, 1.165) is 16.8 Å². The highest BCUT2D eigenvalue weighted by Gasteiger charge is 2.09. The fourth-order valence-electron chi connectivity index (χ4n) is 2.48. The van der Waals surface area contributed by atoms with Crippen LogP contribution < -0.4 is 10.6 Å². The zero-order chi connectivity index (χ0) is 20.5. The second kappa shape index (κ2) is 10.5. The van der Waals surface area contributed by atoms with Crippen molar-refractivity contribution >= 4 is 40.9 Å². The van der Waals surface area contributed by atoms with Gasteiger partial charge in [-0.3, -0.25) is 9.59 Å². The molecule has 0 fully saturated rings. The topological polar surface area (TPSA) is 84.5 Å². The average molecular weight is 401 g/mol. The van der Waals surface area contributed by atoms with E-state index in [1.807, 2.05) is 32.0 Å². The van der Waals surface area contributed by atoms with Crippen molar-refractivity contribution in [2.24, 2.45) is 0 Å². The van der Waals surface area contributed by atoms with E-state index in [-0.39, 0.29) is 23.3 Å². The van der Waals surface area contributed by atoms with Gasteiger partial charge in [0.2, 0.25) is 11.8 Å². The third kappa shape index (κ3) is 6.74. The molecule has 0 saturated heterocycles. The van der Waals surface area contributed by atoms with E-state index in [0.29, 0.717) is 17.9 Å². The summed E-state index contributed by atoms with van der Waals surface area (Å²) < 4.78 is 4.91. The van der Waals surface area contributed by atoms with Gasteiger partial charge in [-0.05, 0) is 56.7 Å². The highest BCUT2D eigenvalue weighted by Crippen LogP contribution is 2.16. The minimum absolute atomic E-state index is 0.149. The lowest BCUT2D eigenvalue weighted by molar-refractivity contribution is -0.114. The van der Waals surface area contributed by atoms with Crippen LogP contribution in [0, 0.1) is 13.8 Å². The van der Waals surface area contributed by atoms with Crippen LogP contribution in [0.1, 0.15) is 28.4 Å². The number of carbonyl (C=O) groups is 3. The Balaban J connectivity index is 1.74. The summed E-state index contributed by atoms with van der Waals surface area (Å²) in [6.45, 7) is 5.99. The Kier molecular flexibility index (Phi) is 8.07. The van der Waals surface area contributed by atoms with Crippen LogP contribution >= 0.6 is 11.8 Å². The number of amides is 2. The first-order valence-corrected chi connectivity index (χ1v) is 10.1. The summed E-state index contributed by atoms with van der Waals surface area (Å²) in [5.74, 6) is -0.426. The summed E-state index contributed by atoms with van der Waals surface area (Å²) in [7, 11) is 0. The lowest BCUT2D eigenvalue weighted by Gasteiger charge is -2.09. The van der Waals surface area contributed by atoms with Crippen molar-refractivity contribution in [3.05, 3.63) is 59.2 Å². The summed E-state index contributed by atoms with van der Waals surface area (Å²) in [5.41, 5.74) is 3.93. The third-order valence-electron chi connectivity index (χ3n) is 3.80. The van der Waals surface area contributed by atoms with E-state index in [4.69, 9.17) is 4.74 Å². The molecule has 0 radical (unpaired) electrons. The van der Waals surface area contributed by atoms with E-state index < -0.39 is 5.97 Å². The molecule has 0 spiro atoms. The van der Waals surface area contributed by atoms with Gasteiger partial charge in [0, 0.05) is 11.4 Å². The standard InChI is InChI=1S/C21H24N2O4S/c1-4-27-21(26)16-6-8-17(9-7-16)22-19(24)12-28-13-20(25)23-18-10-5-14(2)11-15(18)3/h5-11H,4,12-13H2,1-3H3,(H,22,24)(H,23,25). The average Bonchev–Trinajstić information content (AvgIpc) is 2.65. The maximum Gasteiger partial charge on any atom is 0.338 e. The fraction of sp³-hybridized carbons (Fsp3) is 0.286. The summed E-state index contributed by atoms with van der Waals surface area (Å²) in [4.78, 5) is 35.6. The number of ether oxygens (including phenoxy) is 1. The van der Waals surface area contributed by atoms with Crippen LogP contribution in [-0.2, 0) is 14.3 Å². The van der Waals surface area contributed by atoms with Crippen molar-refractivity contribution < 1.29 is 19.1 Å². The van der Waals surface area contributed by atoms with Crippen molar-refractivity contribution in [2.45, 2.75) is 20.8 Å². The lowest BCUT2D eigenvalue weighted by atomic mass is 10.1. The Morgan fingerprint density at radius 1 is 0.929 bits per heavy atom. The first kappa shape index (κ1) is 21.5. The molecular formula is C21H24N2O4S. The Labute approximate surface area is 169 Å². The second-order valence-corrected chi connectivity index (χ2v) is 7.19. The molecule has 0 heterocycles. The number of hydrogen-bond acceptors (Lipinski definition) is 5. The minimum Gasteiger partial charge on any atom is -0.462 e. The molecule has 7 heteroatoms. The first-order valence-electron chi connectivity index (χ1n) is 8.91. The third-order valence-corrected chi connectivity index (χ3v) is 4.73. The van der Waals surface area contributed by atoms with Crippen LogP contribution in [0.5, 0.6) is 0 Å². The van der Waals surface area contributed by atoms with Crippen LogP contribution in [0.15, 0.2) is 42.5 Å². The Morgan fingerprint density at radius 2 is 1.57 bits per heavy atom. The zero-order valence-corrected chi connectivity index (χ0v) is 17.0. The molecule has 0 aromatic heterocycles.